The van der Waals surface area contributed by atoms with Gasteiger partial charge in [0.1, 0.15) is 12.4 Å². The molecule has 0 saturated carbocycles. The van der Waals surface area contributed by atoms with Gasteiger partial charge in [-0.1, -0.05) is 54.6 Å². The van der Waals surface area contributed by atoms with Gasteiger partial charge >= 0.3 is 12.1 Å². The van der Waals surface area contributed by atoms with Crippen LogP contribution < -0.4 is 10.1 Å². The molecule has 0 bridgehead atoms. The van der Waals surface area contributed by atoms with Crippen LogP contribution in [0.2, 0.25) is 0 Å². The standard InChI is InChI=1S/C22H21NO5/c24-21(25)11-6-14-27-20-13-12-19(17-9-4-5-10-18(17)20)23-22(26)28-15-16-7-2-1-3-8-16/h1-5,7-10,12-13H,6,11,14-15H2,(H,23,26)(H,24,25). The van der Waals surface area contributed by atoms with Crippen LogP contribution in [0.5, 0.6) is 5.75 Å². The van der Waals surface area contributed by atoms with Gasteiger partial charge < -0.3 is 14.6 Å². The fraction of sp³-hybridized carbons (Fsp3) is 0.182. The van der Waals surface area contributed by atoms with Crippen molar-refractivity contribution in [1.29, 1.82) is 0 Å². The quantitative estimate of drug-likeness (QED) is 0.548. The Morgan fingerprint density at radius 3 is 2.36 bits per heavy atom. The maximum Gasteiger partial charge on any atom is 0.411 e. The van der Waals surface area contributed by atoms with E-state index >= 15 is 0 Å². The summed E-state index contributed by atoms with van der Waals surface area (Å²) >= 11 is 0. The van der Waals surface area contributed by atoms with Crippen molar-refractivity contribution in [3.63, 3.8) is 0 Å². The Kier molecular flexibility index (Phi) is 6.46. The molecule has 0 radical (unpaired) electrons. The average Bonchev–Trinajstić information content (AvgIpc) is 2.71. The second-order valence-corrected chi connectivity index (χ2v) is 6.19. The molecule has 0 aromatic heterocycles. The van der Waals surface area contributed by atoms with E-state index in [0.717, 1.165) is 16.3 Å². The van der Waals surface area contributed by atoms with Gasteiger partial charge in [-0.15, -0.1) is 0 Å². The lowest BCUT2D eigenvalue weighted by Crippen LogP contribution is -2.13. The molecule has 0 heterocycles. The minimum absolute atomic E-state index is 0.0603. The molecule has 0 unspecified atom stereocenters. The van der Waals surface area contributed by atoms with Crippen LogP contribution in [0.1, 0.15) is 18.4 Å². The van der Waals surface area contributed by atoms with Crippen LogP contribution in [0.3, 0.4) is 0 Å². The van der Waals surface area contributed by atoms with Crippen molar-refractivity contribution in [2.24, 2.45) is 0 Å². The van der Waals surface area contributed by atoms with Crippen LogP contribution in [0.15, 0.2) is 66.7 Å². The van der Waals surface area contributed by atoms with Gasteiger partial charge in [0.05, 0.1) is 12.3 Å². The largest absolute Gasteiger partial charge is 0.493 e. The number of carboxylic acids is 1. The maximum atomic E-state index is 12.2. The van der Waals surface area contributed by atoms with Crippen molar-refractivity contribution in [2.45, 2.75) is 19.4 Å². The lowest BCUT2D eigenvalue weighted by molar-refractivity contribution is -0.137. The molecule has 2 N–H and O–H groups in total. The van der Waals surface area contributed by atoms with E-state index in [1.54, 1.807) is 12.1 Å². The second kappa shape index (κ2) is 9.41. The highest BCUT2D eigenvalue weighted by atomic mass is 16.5. The summed E-state index contributed by atoms with van der Waals surface area (Å²) < 4.78 is 11.0. The Hall–Kier alpha value is -3.54. The molecule has 0 aliphatic heterocycles. The monoisotopic (exact) mass is 379 g/mol. The highest BCUT2D eigenvalue weighted by Gasteiger charge is 2.10. The first-order valence-electron chi connectivity index (χ1n) is 8.97. The Bertz CT molecular complexity index is 956. The first-order valence-corrected chi connectivity index (χ1v) is 8.97. The number of aliphatic carboxylic acids is 1. The number of amides is 1. The van der Waals surface area contributed by atoms with Crippen molar-refractivity contribution in [3.8, 4) is 5.75 Å². The summed E-state index contributed by atoms with van der Waals surface area (Å²) in [4.78, 5) is 22.8. The predicted molar refractivity (Wildman–Crippen MR) is 107 cm³/mol. The predicted octanol–water partition coefficient (Wildman–Crippen LogP) is 4.83. The molecule has 144 valence electrons. The number of benzene rings is 3. The van der Waals surface area contributed by atoms with Gasteiger partial charge in [0, 0.05) is 17.2 Å². The van der Waals surface area contributed by atoms with E-state index in [9.17, 15) is 9.59 Å². The number of hydrogen-bond donors (Lipinski definition) is 2. The molecule has 1 amide bonds. The molecule has 28 heavy (non-hydrogen) atoms. The lowest BCUT2D eigenvalue weighted by Gasteiger charge is -2.13. The van der Waals surface area contributed by atoms with E-state index in [1.807, 2.05) is 54.6 Å². The summed E-state index contributed by atoms with van der Waals surface area (Å²) in [7, 11) is 0. The molecule has 0 spiro atoms. The lowest BCUT2D eigenvalue weighted by atomic mass is 10.1. The smallest absolute Gasteiger partial charge is 0.411 e. The van der Waals surface area contributed by atoms with E-state index in [4.69, 9.17) is 14.6 Å². The van der Waals surface area contributed by atoms with Crippen LogP contribution >= 0.6 is 0 Å². The number of carboxylic acid groups (broad SMARTS) is 1. The summed E-state index contributed by atoms with van der Waals surface area (Å²) in [5.41, 5.74) is 1.53. The Balaban J connectivity index is 1.67. The number of carbonyl (C=O) groups excluding carboxylic acids is 1. The number of nitrogens with one attached hydrogen (secondary N) is 1. The van der Waals surface area contributed by atoms with Gasteiger partial charge in [0.15, 0.2) is 0 Å². The summed E-state index contributed by atoms with van der Waals surface area (Å²) in [6.45, 7) is 0.498. The van der Waals surface area contributed by atoms with Gasteiger partial charge in [-0.3, -0.25) is 10.1 Å². The Labute approximate surface area is 162 Å². The number of carbonyl (C=O) groups is 2. The third kappa shape index (κ3) is 5.23. The zero-order valence-corrected chi connectivity index (χ0v) is 15.3. The first kappa shape index (κ1) is 19.2. The molecule has 0 fully saturated rings. The van der Waals surface area contributed by atoms with E-state index in [1.165, 1.54) is 0 Å². The summed E-state index contributed by atoms with van der Waals surface area (Å²) in [5.74, 6) is -0.203. The second-order valence-electron chi connectivity index (χ2n) is 6.19. The fourth-order valence-electron chi connectivity index (χ4n) is 2.78. The molecule has 0 aliphatic rings. The van der Waals surface area contributed by atoms with Crippen LogP contribution in [0.4, 0.5) is 10.5 Å². The van der Waals surface area contributed by atoms with Crippen molar-refractivity contribution in [3.05, 3.63) is 72.3 Å². The zero-order chi connectivity index (χ0) is 19.8. The topological polar surface area (TPSA) is 84.9 Å². The van der Waals surface area contributed by atoms with Crippen LogP contribution in [-0.4, -0.2) is 23.8 Å². The van der Waals surface area contributed by atoms with Gasteiger partial charge in [0.25, 0.3) is 0 Å². The third-order valence-electron chi connectivity index (χ3n) is 4.13. The van der Waals surface area contributed by atoms with Crippen molar-refractivity contribution in [2.75, 3.05) is 11.9 Å². The minimum Gasteiger partial charge on any atom is -0.493 e. The number of fused-ring (bicyclic) bond motifs is 1. The maximum absolute atomic E-state index is 12.2. The normalized spacial score (nSPS) is 10.4. The zero-order valence-electron chi connectivity index (χ0n) is 15.3. The van der Waals surface area contributed by atoms with Gasteiger partial charge in [-0.05, 0) is 24.1 Å². The van der Waals surface area contributed by atoms with Gasteiger partial charge in [0.2, 0.25) is 0 Å². The van der Waals surface area contributed by atoms with Crippen molar-refractivity contribution >= 4 is 28.5 Å². The van der Waals surface area contributed by atoms with Crippen LogP contribution in [0.25, 0.3) is 10.8 Å². The fourth-order valence-corrected chi connectivity index (χ4v) is 2.78. The number of anilines is 1. The summed E-state index contributed by atoms with van der Waals surface area (Å²) in [6, 6.07) is 20.5. The van der Waals surface area contributed by atoms with Gasteiger partial charge in [-0.25, -0.2) is 4.79 Å². The number of hydrogen-bond acceptors (Lipinski definition) is 4. The van der Waals surface area contributed by atoms with Crippen molar-refractivity contribution in [1.82, 2.24) is 0 Å². The number of ether oxygens (including phenoxy) is 2. The minimum atomic E-state index is -0.845. The Morgan fingerprint density at radius 1 is 0.893 bits per heavy atom. The third-order valence-corrected chi connectivity index (χ3v) is 4.13. The molecule has 3 aromatic carbocycles. The first-order chi connectivity index (χ1) is 13.6. The molecule has 6 heteroatoms. The molecule has 0 atom stereocenters. The highest BCUT2D eigenvalue weighted by Crippen LogP contribution is 2.31. The summed E-state index contributed by atoms with van der Waals surface area (Å²) in [5, 5.41) is 13.1. The van der Waals surface area contributed by atoms with E-state index in [0.29, 0.717) is 24.5 Å². The van der Waals surface area contributed by atoms with Crippen LogP contribution in [0, 0.1) is 0 Å². The van der Waals surface area contributed by atoms with E-state index < -0.39 is 12.1 Å². The van der Waals surface area contributed by atoms with E-state index in [-0.39, 0.29) is 13.0 Å². The molecule has 3 aromatic rings. The molecular weight excluding hydrogens is 358 g/mol. The van der Waals surface area contributed by atoms with Gasteiger partial charge in [-0.2, -0.15) is 0 Å². The van der Waals surface area contributed by atoms with Crippen molar-refractivity contribution < 1.29 is 24.2 Å². The van der Waals surface area contributed by atoms with E-state index in [2.05, 4.69) is 5.32 Å². The molecule has 3 rings (SSSR count). The average molecular weight is 379 g/mol. The Morgan fingerprint density at radius 2 is 1.61 bits per heavy atom. The summed E-state index contributed by atoms with van der Waals surface area (Å²) in [6.07, 6.45) is -0.0514. The van der Waals surface area contributed by atoms with Crippen LogP contribution in [-0.2, 0) is 16.1 Å². The number of rotatable bonds is 8. The molecule has 0 saturated heterocycles. The highest BCUT2D eigenvalue weighted by molar-refractivity contribution is 6.02. The molecule has 0 aliphatic carbocycles. The molecule has 6 nitrogen and oxygen atoms in total. The SMILES string of the molecule is O=C(O)CCCOc1ccc(NC(=O)OCc2ccccc2)c2ccccc12. The molecular formula is C22H21NO5.